The number of nitrogens with one attached hydrogen (secondary N) is 1. The Balaban J connectivity index is 1.60. The molecule has 0 spiro atoms. The van der Waals surface area contributed by atoms with Crippen LogP contribution in [0.5, 0.6) is 11.5 Å². The molecule has 1 aliphatic heterocycles. The van der Waals surface area contributed by atoms with E-state index < -0.39 is 11.3 Å². The van der Waals surface area contributed by atoms with Gasteiger partial charge in [0.25, 0.3) is 0 Å². The quantitative estimate of drug-likeness (QED) is 0.467. The van der Waals surface area contributed by atoms with E-state index in [4.69, 9.17) is 9.47 Å². The number of hydrogen-bond donors (Lipinski definition) is 1. The molecule has 1 atom stereocenters. The largest absolute Gasteiger partial charge is 0.486 e. The van der Waals surface area contributed by atoms with E-state index in [1.807, 2.05) is 25.1 Å². The van der Waals surface area contributed by atoms with Crippen LogP contribution in [0.2, 0.25) is 0 Å². The molecule has 0 aromatic heterocycles. The maximum atomic E-state index is 13.5. The molecule has 0 radical (unpaired) electrons. The number of amides is 1. The van der Waals surface area contributed by atoms with E-state index in [9.17, 15) is 13.6 Å². The molecule has 1 aliphatic carbocycles. The summed E-state index contributed by atoms with van der Waals surface area (Å²) >= 11 is 0. The second-order valence-corrected chi connectivity index (χ2v) is 9.34. The molecule has 1 N–H and O–H groups in total. The van der Waals surface area contributed by atoms with Crippen LogP contribution in [-0.2, 0) is 11.2 Å². The second kappa shape index (κ2) is 9.97. The zero-order valence-corrected chi connectivity index (χ0v) is 18.3. The summed E-state index contributed by atoms with van der Waals surface area (Å²) in [5.74, 6) is -1.12. The monoisotopic (exact) mass is 423 g/mol. The van der Waals surface area contributed by atoms with Crippen LogP contribution in [0, 0.1) is 5.41 Å². The third-order valence-electron chi connectivity index (χ3n) is 6.07. The van der Waals surface area contributed by atoms with E-state index in [-0.39, 0.29) is 24.8 Å². The zero-order valence-electron chi connectivity index (χ0n) is 18.3. The normalized spacial score (nSPS) is 19.6. The number of fused-ring (bicyclic) bond motifs is 1. The Morgan fingerprint density at radius 3 is 2.50 bits per heavy atom. The maximum Gasteiger partial charge on any atom is 0.249 e. The number of rotatable bonds is 11. The van der Waals surface area contributed by atoms with Crippen LogP contribution < -0.4 is 14.8 Å². The summed E-state index contributed by atoms with van der Waals surface area (Å²) < 4.78 is 38.3. The number of unbranched alkanes of at least 4 members (excludes halogenated alkanes) is 4. The van der Waals surface area contributed by atoms with Gasteiger partial charge in [-0.2, -0.15) is 0 Å². The van der Waals surface area contributed by atoms with Crippen LogP contribution in [0.1, 0.15) is 77.2 Å². The van der Waals surface area contributed by atoms with Crippen molar-refractivity contribution in [1.29, 1.82) is 0 Å². The van der Waals surface area contributed by atoms with E-state index in [1.165, 1.54) is 12.8 Å². The molecule has 1 fully saturated rings. The van der Waals surface area contributed by atoms with Crippen molar-refractivity contribution >= 4 is 5.91 Å². The van der Waals surface area contributed by atoms with Gasteiger partial charge in [0, 0.05) is 25.3 Å². The standard InChI is InChI=1S/C24H35F2NO3/c1-3-4-5-6-7-8-22(28)27-19(15-23(2)16-24(25,26)17-23)13-18-9-10-20-21(14-18)30-12-11-29-20/h9-10,14,19H,3-8,11-13,15-17H2,1-2H3,(H,27,28)/t19-/m0/s1. The van der Waals surface area contributed by atoms with Crippen LogP contribution in [0.25, 0.3) is 0 Å². The first kappa shape index (κ1) is 22.8. The van der Waals surface area contributed by atoms with Crippen molar-refractivity contribution in [3.8, 4) is 11.5 Å². The predicted molar refractivity (Wildman–Crippen MR) is 113 cm³/mol. The van der Waals surface area contributed by atoms with Crippen molar-refractivity contribution in [2.45, 2.75) is 90.0 Å². The van der Waals surface area contributed by atoms with E-state index in [0.29, 0.717) is 38.2 Å². The van der Waals surface area contributed by atoms with Gasteiger partial charge in [0.05, 0.1) is 0 Å². The third-order valence-corrected chi connectivity index (χ3v) is 6.07. The summed E-state index contributed by atoms with van der Waals surface area (Å²) in [6, 6.07) is 5.62. The lowest BCUT2D eigenvalue weighted by atomic mass is 9.64. The fourth-order valence-electron chi connectivity index (χ4n) is 4.80. The van der Waals surface area contributed by atoms with Gasteiger partial charge in [-0.1, -0.05) is 45.6 Å². The summed E-state index contributed by atoms with van der Waals surface area (Å²) in [6.07, 6.45) is 6.88. The molecule has 4 nitrogen and oxygen atoms in total. The highest BCUT2D eigenvalue weighted by atomic mass is 19.3. The highest BCUT2D eigenvalue weighted by molar-refractivity contribution is 5.76. The van der Waals surface area contributed by atoms with Crippen LogP contribution in [0.4, 0.5) is 8.78 Å². The molecule has 0 bridgehead atoms. The molecule has 1 amide bonds. The second-order valence-electron chi connectivity index (χ2n) is 9.34. The molecule has 0 saturated heterocycles. The first-order valence-electron chi connectivity index (χ1n) is 11.3. The Morgan fingerprint density at radius 2 is 1.80 bits per heavy atom. The van der Waals surface area contributed by atoms with Crippen molar-refractivity contribution in [1.82, 2.24) is 5.32 Å². The summed E-state index contributed by atoms with van der Waals surface area (Å²) in [6.45, 7) is 5.12. The Kier molecular flexibility index (Phi) is 7.59. The Bertz CT molecular complexity index is 714. The Hall–Kier alpha value is -1.85. The summed E-state index contributed by atoms with van der Waals surface area (Å²) in [5, 5.41) is 3.13. The van der Waals surface area contributed by atoms with Gasteiger partial charge in [0.2, 0.25) is 11.8 Å². The average molecular weight is 424 g/mol. The van der Waals surface area contributed by atoms with Gasteiger partial charge in [-0.25, -0.2) is 8.78 Å². The molecule has 30 heavy (non-hydrogen) atoms. The van der Waals surface area contributed by atoms with E-state index in [2.05, 4.69) is 12.2 Å². The minimum absolute atomic E-state index is 0.0173. The fourth-order valence-corrected chi connectivity index (χ4v) is 4.80. The van der Waals surface area contributed by atoms with E-state index in [1.54, 1.807) is 0 Å². The van der Waals surface area contributed by atoms with Gasteiger partial charge >= 0.3 is 0 Å². The first-order chi connectivity index (χ1) is 14.3. The molecule has 1 saturated carbocycles. The van der Waals surface area contributed by atoms with Crippen molar-refractivity contribution < 1.29 is 23.0 Å². The van der Waals surface area contributed by atoms with Crippen LogP contribution in [0.15, 0.2) is 18.2 Å². The van der Waals surface area contributed by atoms with Gasteiger partial charge in [0.1, 0.15) is 13.2 Å². The first-order valence-corrected chi connectivity index (χ1v) is 11.3. The Morgan fingerprint density at radius 1 is 1.10 bits per heavy atom. The topological polar surface area (TPSA) is 47.6 Å². The lowest BCUT2D eigenvalue weighted by molar-refractivity contribution is -0.159. The lowest BCUT2D eigenvalue weighted by Gasteiger charge is -2.46. The molecule has 6 heteroatoms. The maximum absolute atomic E-state index is 13.5. The zero-order chi connectivity index (χ0) is 21.6. The fraction of sp³-hybridized carbons (Fsp3) is 0.708. The highest BCUT2D eigenvalue weighted by Gasteiger charge is 2.54. The Labute approximate surface area is 178 Å². The smallest absolute Gasteiger partial charge is 0.249 e. The third kappa shape index (κ3) is 6.58. The molecular formula is C24H35F2NO3. The average Bonchev–Trinajstić information content (AvgIpc) is 2.65. The predicted octanol–water partition coefficient (Wildman–Crippen LogP) is 5.67. The minimum Gasteiger partial charge on any atom is -0.486 e. The number of benzene rings is 1. The number of carbonyl (C=O) groups is 1. The van der Waals surface area contributed by atoms with Gasteiger partial charge in [-0.05, 0) is 42.4 Å². The van der Waals surface area contributed by atoms with Crippen LogP contribution in [0.3, 0.4) is 0 Å². The van der Waals surface area contributed by atoms with Crippen molar-refractivity contribution in [3.05, 3.63) is 23.8 Å². The van der Waals surface area contributed by atoms with E-state index in [0.717, 1.165) is 30.6 Å². The van der Waals surface area contributed by atoms with Gasteiger partial charge in [-0.15, -0.1) is 0 Å². The number of carbonyl (C=O) groups excluding carboxylic acids is 1. The number of ether oxygens (including phenoxy) is 2. The van der Waals surface area contributed by atoms with E-state index >= 15 is 0 Å². The SMILES string of the molecule is CCCCCCCC(=O)N[C@@H](Cc1ccc2c(c1)OCCO2)CC1(C)CC(F)(F)C1. The van der Waals surface area contributed by atoms with Crippen molar-refractivity contribution in [2.75, 3.05) is 13.2 Å². The number of alkyl halides is 2. The molecular weight excluding hydrogens is 388 g/mol. The molecule has 0 unspecified atom stereocenters. The summed E-state index contributed by atoms with van der Waals surface area (Å²) in [7, 11) is 0. The molecule has 1 aromatic carbocycles. The number of hydrogen-bond acceptors (Lipinski definition) is 3. The molecule has 3 rings (SSSR count). The van der Waals surface area contributed by atoms with Gasteiger partial charge < -0.3 is 14.8 Å². The van der Waals surface area contributed by atoms with Crippen LogP contribution >= 0.6 is 0 Å². The van der Waals surface area contributed by atoms with Crippen molar-refractivity contribution in [2.24, 2.45) is 5.41 Å². The summed E-state index contributed by atoms with van der Waals surface area (Å²) in [5.41, 5.74) is 0.582. The molecule has 1 heterocycles. The summed E-state index contributed by atoms with van der Waals surface area (Å²) in [4.78, 5) is 12.5. The molecule has 2 aliphatic rings. The molecule has 1 aromatic rings. The van der Waals surface area contributed by atoms with Crippen LogP contribution in [-0.4, -0.2) is 31.1 Å². The lowest BCUT2D eigenvalue weighted by Crippen LogP contribution is -2.49. The van der Waals surface area contributed by atoms with Gasteiger partial charge in [0.15, 0.2) is 11.5 Å². The van der Waals surface area contributed by atoms with Crippen molar-refractivity contribution in [3.63, 3.8) is 0 Å². The number of halogens is 2. The highest BCUT2D eigenvalue weighted by Crippen LogP contribution is 2.54. The minimum atomic E-state index is -2.57. The van der Waals surface area contributed by atoms with Gasteiger partial charge in [-0.3, -0.25) is 4.79 Å². The molecule has 168 valence electrons.